The fourth-order valence-corrected chi connectivity index (χ4v) is 6.43. The van der Waals surface area contributed by atoms with Crippen molar-refractivity contribution in [3.63, 3.8) is 0 Å². The first-order valence-electron chi connectivity index (χ1n) is 14.4. The molecule has 5 aromatic rings. The third kappa shape index (κ3) is 5.59. The molecule has 18 heteroatoms. The van der Waals surface area contributed by atoms with Crippen LogP contribution in [0.5, 0.6) is 0 Å². The Hall–Kier alpha value is -5.55. The van der Waals surface area contributed by atoms with Gasteiger partial charge in [-0.15, -0.1) is 0 Å². The standard InChI is InChI=1S/C31H20F8N6O4/c32-13-3-11(4-14(33)7-13)5-20(41-22(46)10-45-26-23(25(44-45)31(37,38)39)16-8-18(16)30(26,35)36)24-15(9-21-28(43-24)49-29(48)42-21)12-1-2-19(34)17(6-12)27(40)47/h1-4,6-7,9,16,18,20H,5,8,10H2,(H2,40,47)(H,41,46)(H,42,48)/t16?,18?,20-/m0/s1. The maximum absolute atomic E-state index is 15.1. The van der Waals surface area contributed by atoms with Crippen LogP contribution in [-0.4, -0.2) is 31.6 Å². The number of hydrogen-bond acceptors (Lipinski definition) is 6. The summed E-state index contributed by atoms with van der Waals surface area (Å²) in [6, 6.07) is 5.38. The summed E-state index contributed by atoms with van der Waals surface area (Å²) in [5, 5.41) is 5.81. The van der Waals surface area contributed by atoms with E-state index in [1.165, 1.54) is 12.1 Å². The molecule has 0 radical (unpaired) electrons. The Bertz CT molecular complexity index is 2240. The summed E-state index contributed by atoms with van der Waals surface area (Å²) in [7, 11) is 0. The van der Waals surface area contributed by atoms with E-state index in [2.05, 4.69) is 20.4 Å². The first-order valence-corrected chi connectivity index (χ1v) is 14.4. The zero-order chi connectivity index (χ0) is 35.2. The summed E-state index contributed by atoms with van der Waals surface area (Å²) < 4.78 is 120. The van der Waals surface area contributed by atoms with Gasteiger partial charge in [0.2, 0.25) is 11.6 Å². The third-order valence-electron chi connectivity index (χ3n) is 8.51. The van der Waals surface area contributed by atoms with Gasteiger partial charge in [0.05, 0.1) is 17.3 Å². The second-order valence-corrected chi connectivity index (χ2v) is 11.8. The number of aromatic amines is 1. The molecule has 2 aromatic carbocycles. The van der Waals surface area contributed by atoms with Crippen LogP contribution in [0.2, 0.25) is 0 Å². The molecular weight excluding hydrogens is 672 g/mol. The van der Waals surface area contributed by atoms with Crippen molar-refractivity contribution in [2.24, 2.45) is 11.7 Å². The topological polar surface area (TPSA) is 149 Å². The molecule has 1 fully saturated rings. The second kappa shape index (κ2) is 11.0. The largest absolute Gasteiger partial charge is 0.435 e. The number of amides is 2. The molecule has 2 amide bonds. The third-order valence-corrected chi connectivity index (χ3v) is 8.51. The van der Waals surface area contributed by atoms with E-state index in [1.807, 2.05) is 0 Å². The van der Waals surface area contributed by atoms with Gasteiger partial charge in [-0.2, -0.15) is 27.1 Å². The number of halogens is 8. The number of H-pyrrole nitrogens is 1. The molecule has 3 atom stereocenters. The van der Waals surface area contributed by atoms with Gasteiger partial charge in [0, 0.05) is 23.1 Å². The van der Waals surface area contributed by atoms with Gasteiger partial charge in [-0.05, 0) is 60.2 Å². The minimum Gasteiger partial charge on any atom is -0.389 e. The van der Waals surface area contributed by atoms with Crippen LogP contribution in [0.4, 0.5) is 35.1 Å². The summed E-state index contributed by atoms with van der Waals surface area (Å²) in [6.45, 7) is -1.12. The van der Waals surface area contributed by atoms with Crippen molar-refractivity contribution < 1.29 is 49.1 Å². The zero-order valence-electron chi connectivity index (χ0n) is 24.5. The fraction of sp³-hybridized carbons (Fsp3) is 0.258. The molecule has 0 saturated heterocycles. The molecule has 2 aliphatic rings. The van der Waals surface area contributed by atoms with E-state index in [9.17, 15) is 40.7 Å². The van der Waals surface area contributed by atoms with Gasteiger partial charge in [-0.25, -0.2) is 22.9 Å². The molecule has 0 bridgehead atoms. The number of aromatic nitrogens is 4. The van der Waals surface area contributed by atoms with Crippen molar-refractivity contribution in [3.8, 4) is 11.1 Å². The van der Waals surface area contributed by atoms with Gasteiger partial charge in [-0.3, -0.25) is 19.3 Å². The first-order chi connectivity index (χ1) is 23.0. The summed E-state index contributed by atoms with van der Waals surface area (Å²) in [6.07, 6.45) is -5.72. The van der Waals surface area contributed by atoms with Crippen molar-refractivity contribution in [3.05, 3.63) is 104 Å². The number of carbonyl (C=O) groups excluding carboxylic acids is 2. The second-order valence-electron chi connectivity index (χ2n) is 11.8. The minimum absolute atomic E-state index is 0.00292. The van der Waals surface area contributed by atoms with Crippen LogP contribution in [0.3, 0.4) is 0 Å². The lowest BCUT2D eigenvalue weighted by atomic mass is 9.94. The van der Waals surface area contributed by atoms with E-state index in [0.29, 0.717) is 10.7 Å². The quantitative estimate of drug-likeness (QED) is 0.190. The number of alkyl halides is 5. The molecule has 2 unspecified atom stereocenters. The molecule has 4 N–H and O–H groups in total. The van der Waals surface area contributed by atoms with E-state index in [-0.39, 0.29) is 40.0 Å². The Balaban J connectivity index is 1.34. The lowest BCUT2D eigenvalue weighted by molar-refractivity contribution is -0.142. The van der Waals surface area contributed by atoms with Gasteiger partial charge in [0.15, 0.2) is 5.69 Å². The van der Waals surface area contributed by atoms with Crippen molar-refractivity contribution in [2.45, 2.75) is 43.4 Å². The number of primary amides is 1. The number of hydrogen-bond donors (Lipinski definition) is 3. The van der Waals surface area contributed by atoms with E-state index in [4.69, 9.17) is 10.2 Å². The van der Waals surface area contributed by atoms with Gasteiger partial charge >= 0.3 is 11.9 Å². The number of pyridine rings is 1. The lowest BCUT2D eigenvalue weighted by Gasteiger charge is -2.22. The van der Waals surface area contributed by atoms with Gasteiger partial charge in [0.25, 0.3) is 11.8 Å². The van der Waals surface area contributed by atoms with Crippen molar-refractivity contribution >= 4 is 23.0 Å². The van der Waals surface area contributed by atoms with Crippen LogP contribution in [0.25, 0.3) is 22.4 Å². The fourth-order valence-electron chi connectivity index (χ4n) is 6.43. The molecule has 49 heavy (non-hydrogen) atoms. The molecular formula is C31H20F8N6O4. The van der Waals surface area contributed by atoms with Gasteiger partial charge < -0.3 is 15.5 Å². The Morgan fingerprint density at radius 3 is 2.49 bits per heavy atom. The van der Waals surface area contributed by atoms with Crippen molar-refractivity contribution in [1.29, 1.82) is 0 Å². The monoisotopic (exact) mass is 692 g/mol. The smallest absolute Gasteiger partial charge is 0.389 e. The highest BCUT2D eigenvalue weighted by atomic mass is 19.4. The summed E-state index contributed by atoms with van der Waals surface area (Å²) in [5.74, 6) is -12.4. The Kier molecular flexibility index (Phi) is 7.18. The van der Waals surface area contributed by atoms with E-state index >= 15 is 8.78 Å². The predicted molar refractivity (Wildman–Crippen MR) is 151 cm³/mol. The Morgan fingerprint density at radius 1 is 1.10 bits per heavy atom. The summed E-state index contributed by atoms with van der Waals surface area (Å²) in [5.41, 5.74) is 1.04. The Morgan fingerprint density at radius 2 is 1.82 bits per heavy atom. The number of nitrogens with two attached hydrogens (primary N) is 1. The average Bonchev–Trinajstić information content (AvgIpc) is 3.49. The lowest BCUT2D eigenvalue weighted by Crippen LogP contribution is -2.35. The highest BCUT2D eigenvalue weighted by molar-refractivity contribution is 5.95. The summed E-state index contributed by atoms with van der Waals surface area (Å²) >= 11 is 0. The number of fused-ring (bicyclic) bond motifs is 4. The van der Waals surface area contributed by atoms with Crippen LogP contribution in [0, 0.1) is 23.4 Å². The number of oxazole rings is 1. The van der Waals surface area contributed by atoms with Crippen LogP contribution in [0.1, 0.15) is 56.9 Å². The van der Waals surface area contributed by atoms with Crippen molar-refractivity contribution in [1.82, 2.24) is 25.1 Å². The van der Waals surface area contributed by atoms with Crippen LogP contribution in [-0.2, 0) is 29.9 Å². The number of nitrogens with one attached hydrogen (secondary N) is 2. The van der Waals surface area contributed by atoms with E-state index < -0.39 is 100 Å². The molecule has 3 heterocycles. The summed E-state index contributed by atoms with van der Waals surface area (Å²) in [4.78, 5) is 44.1. The van der Waals surface area contributed by atoms with E-state index in [0.717, 1.165) is 24.3 Å². The highest BCUT2D eigenvalue weighted by Gasteiger charge is 2.68. The van der Waals surface area contributed by atoms with Gasteiger partial charge in [0.1, 0.15) is 35.2 Å². The maximum Gasteiger partial charge on any atom is 0.435 e. The molecule has 3 aromatic heterocycles. The predicted octanol–water partition coefficient (Wildman–Crippen LogP) is 5.22. The number of carbonyl (C=O) groups is 2. The zero-order valence-corrected chi connectivity index (χ0v) is 24.5. The normalized spacial score (nSPS) is 18.3. The number of nitrogens with zero attached hydrogens (tertiary/aromatic N) is 3. The SMILES string of the molecule is NC(=O)c1cc(-c2cc3[nH]c(=O)oc3nc2[C@H](Cc2cc(F)cc(F)c2)NC(=O)Cn2nc(C(F)(F)F)c3c2C(F)(F)C2CC32)ccc1F. The highest BCUT2D eigenvalue weighted by Crippen LogP contribution is 2.68. The molecule has 0 spiro atoms. The maximum atomic E-state index is 15.1. The van der Waals surface area contributed by atoms with Crippen molar-refractivity contribution in [2.75, 3.05) is 0 Å². The molecule has 0 aliphatic heterocycles. The van der Waals surface area contributed by atoms with Crippen LogP contribution >= 0.6 is 0 Å². The molecule has 254 valence electrons. The molecule has 10 nitrogen and oxygen atoms in total. The Labute approximate surface area is 267 Å². The molecule has 2 aliphatic carbocycles. The minimum atomic E-state index is -5.09. The molecule has 7 rings (SSSR count). The average molecular weight is 693 g/mol. The van der Waals surface area contributed by atoms with Gasteiger partial charge in [-0.1, -0.05) is 6.07 Å². The number of rotatable bonds is 8. The molecule has 1 saturated carbocycles. The first kappa shape index (κ1) is 32.0. The number of benzene rings is 2. The van der Waals surface area contributed by atoms with Crippen LogP contribution < -0.4 is 16.8 Å². The van der Waals surface area contributed by atoms with E-state index in [1.54, 1.807) is 0 Å². The van der Waals surface area contributed by atoms with Crippen LogP contribution in [0.15, 0.2) is 51.7 Å².